The van der Waals surface area contributed by atoms with Crippen LogP contribution in [0, 0.1) is 6.92 Å². The molecule has 1 fully saturated rings. The van der Waals surface area contributed by atoms with Gasteiger partial charge in [-0.15, -0.1) is 0 Å². The van der Waals surface area contributed by atoms with Gasteiger partial charge in [0.25, 0.3) is 5.91 Å². The average molecular weight is 396 g/mol. The molecule has 2 aromatic carbocycles. The average Bonchev–Trinajstić information content (AvgIpc) is 3.30. The second-order valence-electron chi connectivity index (χ2n) is 7.12. The predicted molar refractivity (Wildman–Crippen MR) is 108 cm³/mol. The summed E-state index contributed by atoms with van der Waals surface area (Å²) in [6.07, 6.45) is 0.767. The molecule has 2 atom stereocenters. The Balaban J connectivity index is 1.51. The maximum atomic E-state index is 12.6. The molecule has 0 radical (unpaired) electrons. The SMILES string of the molecule is Cc1nc([C@@H]2C[C@H](NC(=O)c3ccccc3)CN2Cc2ccc(Cl)cc2)n[nH]1. The Kier molecular flexibility index (Phi) is 5.41. The highest BCUT2D eigenvalue weighted by atomic mass is 35.5. The number of H-pyrrole nitrogens is 1. The molecule has 1 aliphatic heterocycles. The molecule has 0 bridgehead atoms. The molecule has 144 valence electrons. The number of aromatic nitrogens is 3. The number of nitrogens with zero attached hydrogens (tertiary/aromatic N) is 3. The zero-order valence-electron chi connectivity index (χ0n) is 15.6. The molecule has 0 aliphatic carbocycles. The molecule has 28 heavy (non-hydrogen) atoms. The van der Waals surface area contributed by atoms with Crippen molar-refractivity contribution in [3.63, 3.8) is 0 Å². The maximum absolute atomic E-state index is 12.6. The summed E-state index contributed by atoms with van der Waals surface area (Å²) in [4.78, 5) is 19.4. The molecule has 7 heteroatoms. The van der Waals surface area contributed by atoms with E-state index in [1.54, 1.807) is 0 Å². The van der Waals surface area contributed by atoms with Crippen LogP contribution in [0.1, 0.15) is 40.0 Å². The number of carbonyl (C=O) groups excluding carboxylic acids is 1. The van der Waals surface area contributed by atoms with Gasteiger partial charge in [-0.05, 0) is 43.2 Å². The Morgan fingerprint density at radius 3 is 2.64 bits per heavy atom. The summed E-state index contributed by atoms with van der Waals surface area (Å²) in [7, 11) is 0. The van der Waals surface area contributed by atoms with Gasteiger partial charge in [0.1, 0.15) is 5.82 Å². The maximum Gasteiger partial charge on any atom is 0.251 e. The Bertz CT molecular complexity index is 941. The first-order chi connectivity index (χ1) is 13.6. The molecule has 2 N–H and O–H groups in total. The minimum Gasteiger partial charge on any atom is -0.348 e. The number of benzene rings is 2. The lowest BCUT2D eigenvalue weighted by Gasteiger charge is -2.22. The van der Waals surface area contributed by atoms with E-state index in [2.05, 4.69) is 25.4 Å². The lowest BCUT2D eigenvalue weighted by atomic mass is 10.1. The van der Waals surface area contributed by atoms with Crippen molar-refractivity contribution < 1.29 is 4.79 Å². The Morgan fingerprint density at radius 1 is 1.21 bits per heavy atom. The third kappa shape index (κ3) is 4.24. The summed E-state index contributed by atoms with van der Waals surface area (Å²) in [5, 5.41) is 11.2. The van der Waals surface area contributed by atoms with Gasteiger partial charge < -0.3 is 5.32 Å². The van der Waals surface area contributed by atoms with Crippen LogP contribution in [0.3, 0.4) is 0 Å². The number of halogens is 1. The first-order valence-corrected chi connectivity index (χ1v) is 9.69. The fraction of sp³-hybridized carbons (Fsp3) is 0.286. The predicted octanol–water partition coefficient (Wildman–Crippen LogP) is 3.51. The molecule has 2 heterocycles. The van der Waals surface area contributed by atoms with Crippen LogP contribution in [0.15, 0.2) is 54.6 Å². The van der Waals surface area contributed by atoms with Crippen molar-refractivity contribution >= 4 is 17.5 Å². The third-order valence-corrected chi connectivity index (χ3v) is 5.24. The van der Waals surface area contributed by atoms with E-state index in [-0.39, 0.29) is 18.0 Å². The highest BCUT2D eigenvalue weighted by molar-refractivity contribution is 6.30. The van der Waals surface area contributed by atoms with Gasteiger partial charge in [-0.2, -0.15) is 5.10 Å². The number of likely N-dealkylation sites (tertiary alicyclic amines) is 1. The van der Waals surface area contributed by atoms with Crippen LogP contribution in [-0.2, 0) is 6.54 Å². The number of rotatable bonds is 5. The molecule has 1 amide bonds. The molecular formula is C21H22ClN5O. The van der Waals surface area contributed by atoms with Crippen LogP contribution in [-0.4, -0.2) is 38.6 Å². The number of carbonyl (C=O) groups is 1. The van der Waals surface area contributed by atoms with Crippen molar-refractivity contribution in [1.82, 2.24) is 25.4 Å². The van der Waals surface area contributed by atoms with Crippen molar-refractivity contribution in [2.45, 2.75) is 32.0 Å². The first kappa shape index (κ1) is 18.7. The van der Waals surface area contributed by atoms with E-state index in [0.29, 0.717) is 5.56 Å². The number of amides is 1. The van der Waals surface area contributed by atoms with Crippen molar-refractivity contribution in [3.8, 4) is 0 Å². The smallest absolute Gasteiger partial charge is 0.251 e. The number of hydrogen-bond donors (Lipinski definition) is 2. The van der Waals surface area contributed by atoms with E-state index in [0.717, 1.165) is 41.7 Å². The van der Waals surface area contributed by atoms with Gasteiger partial charge in [0.05, 0.1) is 6.04 Å². The summed E-state index contributed by atoms with van der Waals surface area (Å²) in [6, 6.07) is 17.2. The minimum atomic E-state index is -0.0520. The summed E-state index contributed by atoms with van der Waals surface area (Å²) in [6.45, 7) is 3.37. The van der Waals surface area contributed by atoms with Crippen LogP contribution < -0.4 is 5.32 Å². The fourth-order valence-corrected chi connectivity index (χ4v) is 3.77. The highest BCUT2D eigenvalue weighted by Crippen LogP contribution is 2.32. The largest absolute Gasteiger partial charge is 0.348 e. The Hall–Kier alpha value is -2.70. The fourth-order valence-electron chi connectivity index (χ4n) is 3.64. The van der Waals surface area contributed by atoms with E-state index in [1.165, 1.54) is 0 Å². The quantitative estimate of drug-likeness (QED) is 0.693. The summed E-state index contributed by atoms with van der Waals surface area (Å²) in [5.74, 6) is 1.50. The monoisotopic (exact) mass is 395 g/mol. The van der Waals surface area contributed by atoms with E-state index >= 15 is 0 Å². The van der Waals surface area contributed by atoms with E-state index < -0.39 is 0 Å². The molecule has 1 saturated heterocycles. The molecule has 0 saturated carbocycles. The van der Waals surface area contributed by atoms with E-state index in [4.69, 9.17) is 11.6 Å². The molecule has 1 aliphatic rings. The number of aryl methyl sites for hydroxylation is 1. The molecule has 1 aromatic heterocycles. The normalized spacial score (nSPS) is 19.6. The number of aromatic amines is 1. The number of hydrogen-bond acceptors (Lipinski definition) is 4. The van der Waals surface area contributed by atoms with Crippen molar-refractivity contribution in [1.29, 1.82) is 0 Å². The number of nitrogens with one attached hydrogen (secondary N) is 2. The molecular weight excluding hydrogens is 374 g/mol. The summed E-state index contributed by atoms with van der Waals surface area (Å²) < 4.78 is 0. The van der Waals surface area contributed by atoms with Crippen LogP contribution in [0.5, 0.6) is 0 Å². The minimum absolute atomic E-state index is 0.0313. The zero-order valence-corrected chi connectivity index (χ0v) is 16.4. The van der Waals surface area contributed by atoms with Gasteiger partial charge in [-0.25, -0.2) is 4.98 Å². The van der Waals surface area contributed by atoms with Crippen molar-refractivity contribution in [3.05, 3.63) is 82.4 Å². The Labute approximate surface area is 168 Å². The van der Waals surface area contributed by atoms with Crippen LogP contribution in [0.25, 0.3) is 0 Å². The van der Waals surface area contributed by atoms with Crippen molar-refractivity contribution in [2.75, 3.05) is 6.54 Å². The summed E-state index contributed by atoms with van der Waals surface area (Å²) >= 11 is 6.01. The van der Waals surface area contributed by atoms with Gasteiger partial charge in [0.15, 0.2) is 5.82 Å². The van der Waals surface area contributed by atoms with Gasteiger partial charge in [0.2, 0.25) is 0 Å². The van der Waals surface area contributed by atoms with Gasteiger partial charge in [0, 0.05) is 29.7 Å². The third-order valence-electron chi connectivity index (χ3n) is 4.99. The molecule has 4 rings (SSSR count). The second kappa shape index (κ2) is 8.12. The standard InChI is InChI=1S/C21H22ClN5O/c1-14-23-20(26-25-14)19-11-18(24-21(28)16-5-3-2-4-6-16)13-27(19)12-15-7-9-17(22)10-8-15/h2-10,18-19H,11-13H2,1H3,(H,24,28)(H,23,25,26)/t18-,19-/m0/s1. The Morgan fingerprint density at radius 2 is 1.96 bits per heavy atom. The molecule has 6 nitrogen and oxygen atoms in total. The van der Waals surface area contributed by atoms with Crippen molar-refractivity contribution in [2.24, 2.45) is 0 Å². The van der Waals surface area contributed by atoms with Crippen LogP contribution in [0.2, 0.25) is 5.02 Å². The van der Waals surface area contributed by atoms with E-state index in [1.807, 2.05) is 61.5 Å². The topological polar surface area (TPSA) is 73.9 Å². The molecule has 0 spiro atoms. The van der Waals surface area contributed by atoms with E-state index in [9.17, 15) is 4.79 Å². The van der Waals surface area contributed by atoms with Crippen LogP contribution in [0.4, 0.5) is 0 Å². The molecule has 3 aromatic rings. The zero-order chi connectivity index (χ0) is 19.5. The van der Waals surface area contributed by atoms with Gasteiger partial charge in [-0.3, -0.25) is 14.8 Å². The van der Waals surface area contributed by atoms with Gasteiger partial charge in [-0.1, -0.05) is 41.9 Å². The van der Waals surface area contributed by atoms with Gasteiger partial charge >= 0.3 is 0 Å². The lowest BCUT2D eigenvalue weighted by Crippen LogP contribution is -2.37. The lowest BCUT2D eigenvalue weighted by molar-refractivity contribution is 0.0937. The van der Waals surface area contributed by atoms with Crippen LogP contribution >= 0.6 is 11.6 Å². The first-order valence-electron chi connectivity index (χ1n) is 9.32. The molecule has 0 unspecified atom stereocenters. The summed E-state index contributed by atoms with van der Waals surface area (Å²) in [5.41, 5.74) is 1.83. The second-order valence-corrected chi connectivity index (χ2v) is 7.56. The highest BCUT2D eigenvalue weighted by Gasteiger charge is 2.36.